The summed E-state index contributed by atoms with van der Waals surface area (Å²) in [5.41, 5.74) is 1.19. The first-order valence-electron chi connectivity index (χ1n) is 10.8. The lowest BCUT2D eigenvalue weighted by atomic mass is 10.1. The smallest absolute Gasteiger partial charge is 0.363 e. The first-order chi connectivity index (χ1) is 17.8. The highest BCUT2D eigenvalue weighted by Crippen LogP contribution is 2.31. The molecule has 0 radical (unpaired) electrons. The molecule has 0 aromatic heterocycles. The van der Waals surface area contributed by atoms with E-state index >= 15 is 0 Å². The van der Waals surface area contributed by atoms with Crippen molar-refractivity contribution >= 4 is 45.8 Å². The van der Waals surface area contributed by atoms with E-state index in [1.54, 1.807) is 48.5 Å². The number of carbonyl (C=O) groups excluding carboxylic acids is 3. The Bertz CT molecular complexity index is 1440. The topological polar surface area (TPSA) is 110 Å². The summed E-state index contributed by atoms with van der Waals surface area (Å²) in [6, 6.07) is 16.1. The Kier molecular flexibility index (Phi) is 7.69. The highest BCUT2D eigenvalue weighted by molar-refractivity contribution is 9.10. The molecule has 0 amide bonds. The van der Waals surface area contributed by atoms with Crippen molar-refractivity contribution in [2.75, 3.05) is 14.2 Å². The molecule has 0 fully saturated rings. The van der Waals surface area contributed by atoms with Crippen LogP contribution >= 0.6 is 15.9 Å². The molecule has 0 bridgehead atoms. The summed E-state index contributed by atoms with van der Waals surface area (Å²) in [7, 11) is 2.95. The molecule has 3 aromatic rings. The molecule has 0 unspecified atom stereocenters. The molecule has 188 valence electrons. The zero-order valence-corrected chi connectivity index (χ0v) is 21.5. The van der Waals surface area contributed by atoms with Gasteiger partial charge in [0.25, 0.3) is 0 Å². The molecule has 4 rings (SSSR count). The number of carbonyl (C=O) groups is 3. The van der Waals surface area contributed by atoms with Crippen molar-refractivity contribution in [2.24, 2.45) is 4.99 Å². The van der Waals surface area contributed by atoms with Crippen LogP contribution in [-0.2, 0) is 14.3 Å². The largest absolute Gasteiger partial charge is 0.497 e. The summed E-state index contributed by atoms with van der Waals surface area (Å²) >= 11 is 3.39. The van der Waals surface area contributed by atoms with Crippen molar-refractivity contribution in [3.63, 3.8) is 0 Å². The van der Waals surface area contributed by atoms with Crippen LogP contribution < -0.4 is 18.9 Å². The van der Waals surface area contributed by atoms with Crippen LogP contribution in [0.15, 0.2) is 75.8 Å². The van der Waals surface area contributed by atoms with Crippen LogP contribution in [-0.4, -0.2) is 38.0 Å². The van der Waals surface area contributed by atoms with Gasteiger partial charge >= 0.3 is 17.9 Å². The molecule has 10 heteroatoms. The van der Waals surface area contributed by atoms with Crippen molar-refractivity contribution in [1.82, 2.24) is 0 Å². The molecule has 0 spiro atoms. The van der Waals surface area contributed by atoms with Crippen LogP contribution in [0.1, 0.15) is 28.4 Å². The molecule has 1 aliphatic heterocycles. The van der Waals surface area contributed by atoms with Gasteiger partial charge in [-0.3, -0.25) is 4.79 Å². The van der Waals surface area contributed by atoms with Gasteiger partial charge in [0, 0.05) is 22.5 Å². The third-order valence-electron chi connectivity index (χ3n) is 5.08. The molecule has 0 aliphatic carbocycles. The van der Waals surface area contributed by atoms with E-state index in [0.717, 1.165) is 0 Å². The van der Waals surface area contributed by atoms with E-state index in [-0.39, 0.29) is 28.8 Å². The van der Waals surface area contributed by atoms with Gasteiger partial charge < -0.3 is 23.7 Å². The lowest BCUT2D eigenvalue weighted by molar-refractivity contribution is -0.132. The van der Waals surface area contributed by atoms with Crippen LogP contribution in [0, 0.1) is 0 Å². The van der Waals surface area contributed by atoms with E-state index in [4.69, 9.17) is 23.7 Å². The Balaban J connectivity index is 1.62. The van der Waals surface area contributed by atoms with Crippen LogP contribution in [0.4, 0.5) is 0 Å². The van der Waals surface area contributed by atoms with Crippen molar-refractivity contribution in [3.8, 4) is 23.0 Å². The minimum absolute atomic E-state index is 0.00197. The molecular formula is C27H20BrNO8. The zero-order chi connectivity index (χ0) is 26.5. The van der Waals surface area contributed by atoms with Crippen LogP contribution in [0.5, 0.6) is 23.0 Å². The average Bonchev–Trinajstić information content (AvgIpc) is 3.25. The lowest BCUT2D eigenvalue weighted by Crippen LogP contribution is -2.09. The fraction of sp³-hybridized carbons (Fsp3) is 0.111. The molecule has 9 nitrogen and oxygen atoms in total. The first-order valence-corrected chi connectivity index (χ1v) is 11.6. The Morgan fingerprint density at radius 3 is 2.30 bits per heavy atom. The number of methoxy groups -OCH3 is 2. The van der Waals surface area contributed by atoms with E-state index in [2.05, 4.69) is 20.9 Å². The van der Waals surface area contributed by atoms with Gasteiger partial charge in [-0.05, 0) is 66.7 Å². The van der Waals surface area contributed by atoms with Crippen molar-refractivity contribution in [1.29, 1.82) is 0 Å². The summed E-state index contributed by atoms with van der Waals surface area (Å²) in [5.74, 6) is -0.416. The summed E-state index contributed by atoms with van der Waals surface area (Å²) in [6.07, 6.45) is 1.46. The third kappa shape index (κ3) is 6.04. The van der Waals surface area contributed by atoms with E-state index < -0.39 is 17.9 Å². The summed E-state index contributed by atoms with van der Waals surface area (Å²) in [6.45, 7) is 1.28. The lowest BCUT2D eigenvalue weighted by Gasteiger charge is -2.09. The van der Waals surface area contributed by atoms with Crippen LogP contribution in [0.2, 0.25) is 0 Å². The van der Waals surface area contributed by atoms with Gasteiger partial charge in [0.2, 0.25) is 5.90 Å². The predicted molar refractivity (Wildman–Crippen MR) is 137 cm³/mol. The average molecular weight is 566 g/mol. The second-order valence-corrected chi connectivity index (χ2v) is 8.51. The van der Waals surface area contributed by atoms with Gasteiger partial charge in [-0.1, -0.05) is 15.9 Å². The predicted octanol–water partition coefficient (Wildman–Crippen LogP) is 4.96. The van der Waals surface area contributed by atoms with Crippen molar-refractivity contribution in [2.45, 2.75) is 6.92 Å². The maximum atomic E-state index is 12.7. The molecule has 0 N–H and O–H groups in total. The molecule has 3 aromatic carbocycles. The summed E-state index contributed by atoms with van der Waals surface area (Å²) in [5, 5.41) is 0. The number of cyclic esters (lactones) is 1. The normalized spacial score (nSPS) is 13.6. The molecule has 0 atom stereocenters. The number of ether oxygens (including phenoxy) is 5. The molecule has 1 aliphatic rings. The number of hydrogen-bond acceptors (Lipinski definition) is 9. The maximum Gasteiger partial charge on any atom is 0.363 e. The first kappa shape index (κ1) is 25.6. The van der Waals surface area contributed by atoms with Crippen molar-refractivity contribution < 1.29 is 38.1 Å². The second-order valence-electron chi connectivity index (χ2n) is 7.60. The third-order valence-corrected chi connectivity index (χ3v) is 5.57. The maximum absolute atomic E-state index is 12.7. The van der Waals surface area contributed by atoms with Crippen molar-refractivity contribution in [3.05, 3.63) is 87.5 Å². The fourth-order valence-electron chi connectivity index (χ4n) is 3.33. The Morgan fingerprint density at radius 1 is 0.892 bits per heavy atom. The quantitative estimate of drug-likeness (QED) is 0.225. The number of benzene rings is 3. The minimum atomic E-state index is -0.689. The fourth-order valence-corrected chi connectivity index (χ4v) is 3.71. The number of rotatable bonds is 7. The molecule has 1 heterocycles. The zero-order valence-electron chi connectivity index (χ0n) is 19.9. The molecule has 0 saturated carbocycles. The Morgan fingerprint density at radius 2 is 1.62 bits per heavy atom. The minimum Gasteiger partial charge on any atom is -0.497 e. The van der Waals surface area contributed by atoms with Gasteiger partial charge in [-0.25, -0.2) is 14.6 Å². The van der Waals surface area contributed by atoms with E-state index in [1.807, 2.05) is 0 Å². The van der Waals surface area contributed by atoms with Gasteiger partial charge in [0.15, 0.2) is 17.2 Å². The SMILES string of the molecule is COc1ccc(C(=O)Oc2ccc(Br)cc2/C=C2\N=C(c3ccc(OC(C)=O)c(OC)c3)OC2=O)cc1. The van der Waals surface area contributed by atoms with Gasteiger partial charge in [0.1, 0.15) is 11.5 Å². The molecular weight excluding hydrogens is 546 g/mol. The second kappa shape index (κ2) is 11.1. The number of aliphatic imine (C=N–C) groups is 1. The van der Waals surface area contributed by atoms with Gasteiger partial charge in [0.05, 0.1) is 19.8 Å². The highest BCUT2D eigenvalue weighted by atomic mass is 79.9. The van der Waals surface area contributed by atoms with Crippen LogP contribution in [0.25, 0.3) is 6.08 Å². The van der Waals surface area contributed by atoms with Gasteiger partial charge in [-0.15, -0.1) is 0 Å². The summed E-state index contributed by atoms with van der Waals surface area (Å²) < 4.78 is 27.1. The monoisotopic (exact) mass is 565 g/mol. The number of hydrogen-bond donors (Lipinski definition) is 0. The van der Waals surface area contributed by atoms with Gasteiger partial charge in [-0.2, -0.15) is 0 Å². The number of nitrogens with zero attached hydrogens (tertiary/aromatic N) is 1. The number of esters is 3. The van der Waals surface area contributed by atoms with E-state index in [1.165, 1.54) is 39.4 Å². The summed E-state index contributed by atoms with van der Waals surface area (Å²) in [4.78, 5) is 40.9. The van der Waals surface area contributed by atoms with E-state index in [9.17, 15) is 14.4 Å². The highest BCUT2D eigenvalue weighted by Gasteiger charge is 2.26. The Hall–Kier alpha value is -4.44. The Labute approximate surface area is 220 Å². The molecule has 0 saturated heterocycles. The molecule has 37 heavy (non-hydrogen) atoms. The standard InChI is InChI=1S/C27H20BrNO8/c1-15(30)35-23-10-6-17(14-24(23)34-3)25-29-21(27(32)37-25)13-18-12-19(28)7-11-22(18)36-26(31)16-4-8-20(33-2)9-5-16/h4-14H,1-3H3/b21-13-. The number of halogens is 1. The van der Waals surface area contributed by atoms with Crippen LogP contribution in [0.3, 0.4) is 0 Å². The van der Waals surface area contributed by atoms with E-state index in [0.29, 0.717) is 26.9 Å².